The standard InChI is InChI=1S/C21H16Cl2N4O3/c1-11-15(8-12-2-4-13(22)5-3-12)21(30)27-19(25-11)16(10-24-27)20(29)26-14-6-7-17(23)18(28)9-14/h2-7,9-10,24,28H,8H2,1H3,(H,26,29). The molecule has 0 unspecified atom stereocenters. The molecule has 1 amide bonds. The van der Waals surface area contributed by atoms with Crippen molar-refractivity contribution in [1.82, 2.24) is 14.6 Å². The molecule has 0 aliphatic carbocycles. The lowest BCUT2D eigenvalue weighted by atomic mass is 10.1. The zero-order valence-electron chi connectivity index (χ0n) is 15.7. The zero-order valence-corrected chi connectivity index (χ0v) is 17.3. The molecule has 2 aromatic carbocycles. The largest absolute Gasteiger partial charge is 0.506 e. The number of halogens is 2. The molecule has 0 spiro atoms. The van der Waals surface area contributed by atoms with E-state index in [9.17, 15) is 14.7 Å². The number of benzene rings is 2. The highest BCUT2D eigenvalue weighted by Crippen LogP contribution is 2.26. The van der Waals surface area contributed by atoms with Crippen LogP contribution in [0.15, 0.2) is 53.5 Å². The van der Waals surface area contributed by atoms with Crippen molar-refractivity contribution in [3.8, 4) is 5.75 Å². The molecule has 4 rings (SSSR count). The molecule has 4 aromatic rings. The van der Waals surface area contributed by atoms with E-state index in [1.807, 2.05) is 12.1 Å². The van der Waals surface area contributed by atoms with E-state index in [0.717, 1.165) is 5.56 Å². The van der Waals surface area contributed by atoms with Crippen LogP contribution in [-0.4, -0.2) is 25.6 Å². The summed E-state index contributed by atoms with van der Waals surface area (Å²) in [7, 11) is 0. The summed E-state index contributed by atoms with van der Waals surface area (Å²) in [6.07, 6.45) is 1.81. The maximum Gasteiger partial charge on any atom is 0.276 e. The second-order valence-corrected chi connectivity index (χ2v) is 7.59. The van der Waals surface area contributed by atoms with Crippen LogP contribution >= 0.6 is 23.2 Å². The van der Waals surface area contributed by atoms with Gasteiger partial charge in [0.15, 0.2) is 5.65 Å². The molecule has 9 heteroatoms. The number of anilines is 1. The van der Waals surface area contributed by atoms with E-state index in [-0.39, 0.29) is 27.5 Å². The number of phenols is 1. The molecule has 30 heavy (non-hydrogen) atoms. The second-order valence-electron chi connectivity index (χ2n) is 6.75. The number of aromatic amines is 1. The Labute approximate surface area is 180 Å². The van der Waals surface area contributed by atoms with Crippen molar-refractivity contribution < 1.29 is 9.90 Å². The van der Waals surface area contributed by atoms with Gasteiger partial charge in [-0.2, -0.15) is 0 Å². The van der Waals surface area contributed by atoms with Crippen molar-refractivity contribution in [2.45, 2.75) is 13.3 Å². The topological polar surface area (TPSA) is 99.5 Å². The Kier molecular flexibility index (Phi) is 5.24. The third-order valence-electron chi connectivity index (χ3n) is 4.71. The van der Waals surface area contributed by atoms with Gasteiger partial charge in [0.25, 0.3) is 11.5 Å². The van der Waals surface area contributed by atoms with E-state index < -0.39 is 5.91 Å². The van der Waals surface area contributed by atoms with Gasteiger partial charge in [0.2, 0.25) is 0 Å². The number of carbonyl (C=O) groups is 1. The average molecular weight is 443 g/mol. The van der Waals surface area contributed by atoms with E-state index in [1.54, 1.807) is 25.1 Å². The quantitative estimate of drug-likeness (QED) is 0.441. The van der Waals surface area contributed by atoms with Crippen molar-refractivity contribution in [3.05, 3.63) is 91.4 Å². The number of rotatable bonds is 4. The summed E-state index contributed by atoms with van der Waals surface area (Å²) in [6, 6.07) is 11.6. The lowest BCUT2D eigenvalue weighted by Crippen LogP contribution is -2.23. The Morgan fingerprint density at radius 1 is 1.20 bits per heavy atom. The molecule has 0 radical (unpaired) electrons. The van der Waals surface area contributed by atoms with Crippen LogP contribution in [-0.2, 0) is 6.42 Å². The van der Waals surface area contributed by atoms with E-state index in [2.05, 4.69) is 15.4 Å². The minimum atomic E-state index is -0.479. The van der Waals surface area contributed by atoms with E-state index in [0.29, 0.717) is 28.4 Å². The number of aromatic nitrogens is 3. The molecular weight excluding hydrogens is 427 g/mol. The molecule has 152 valence electrons. The third-order valence-corrected chi connectivity index (χ3v) is 5.28. The number of aryl methyl sites for hydroxylation is 1. The first kappa shape index (κ1) is 20.0. The molecule has 2 aromatic heterocycles. The van der Waals surface area contributed by atoms with Gasteiger partial charge in [-0.25, -0.2) is 9.50 Å². The first-order valence-electron chi connectivity index (χ1n) is 8.97. The lowest BCUT2D eigenvalue weighted by Gasteiger charge is -2.08. The first-order chi connectivity index (χ1) is 14.3. The second kappa shape index (κ2) is 7.85. The van der Waals surface area contributed by atoms with Gasteiger partial charge < -0.3 is 10.4 Å². The van der Waals surface area contributed by atoms with E-state index in [4.69, 9.17) is 23.2 Å². The highest BCUT2D eigenvalue weighted by molar-refractivity contribution is 6.32. The van der Waals surface area contributed by atoms with E-state index in [1.165, 1.54) is 22.8 Å². The third kappa shape index (κ3) is 3.77. The first-order valence-corrected chi connectivity index (χ1v) is 9.73. The van der Waals surface area contributed by atoms with Gasteiger partial charge in [-0.05, 0) is 36.8 Å². The van der Waals surface area contributed by atoms with Crippen LogP contribution in [0.2, 0.25) is 10.0 Å². The molecule has 0 aliphatic heterocycles. The van der Waals surface area contributed by atoms with Gasteiger partial charge in [0, 0.05) is 40.7 Å². The fraction of sp³-hybridized carbons (Fsp3) is 0.0952. The number of nitrogens with one attached hydrogen (secondary N) is 2. The number of fused-ring (bicyclic) bond motifs is 1. The van der Waals surface area contributed by atoms with Crippen LogP contribution in [0.25, 0.3) is 5.65 Å². The Hall–Kier alpha value is -3.29. The normalized spacial score (nSPS) is 11.0. The number of H-pyrrole nitrogens is 1. The zero-order chi connectivity index (χ0) is 21.4. The number of hydrogen-bond acceptors (Lipinski definition) is 4. The van der Waals surface area contributed by atoms with Crippen LogP contribution < -0.4 is 10.9 Å². The highest BCUT2D eigenvalue weighted by Gasteiger charge is 2.19. The molecule has 0 aliphatic rings. The molecule has 7 nitrogen and oxygen atoms in total. The van der Waals surface area contributed by atoms with Gasteiger partial charge in [-0.3, -0.25) is 14.7 Å². The van der Waals surface area contributed by atoms with Crippen molar-refractivity contribution in [1.29, 1.82) is 0 Å². The van der Waals surface area contributed by atoms with Crippen molar-refractivity contribution >= 4 is 40.4 Å². The van der Waals surface area contributed by atoms with Crippen molar-refractivity contribution in [2.24, 2.45) is 0 Å². The summed E-state index contributed by atoms with van der Waals surface area (Å²) in [4.78, 5) is 30.2. The lowest BCUT2D eigenvalue weighted by molar-refractivity contribution is 0.102. The smallest absolute Gasteiger partial charge is 0.276 e. The Balaban J connectivity index is 1.68. The summed E-state index contributed by atoms with van der Waals surface area (Å²) in [6.45, 7) is 1.73. The Morgan fingerprint density at radius 3 is 2.63 bits per heavy atom. The summed E-state index contributed by atoms with van der Waals surface area (Å²) < 4.78 is 1.24. The van der Waals surface area contributed by atoms with Gasteiger partial charge in [0.05, 0.1) is 5.02 Å². The molecule has 0 fully saturated rings. The molecule has 2 heterocycles. The van der Waals surface area contributed by atoms with Crippen LogP contribution in [0, 0.1) is 6.92 Å². The molecule has 0 saturated heterocycles. The number of amides is 1. The predicted molar refractivity (Wildman–Crippen MR) is 116 cm³/mol. The van der Waals surface area contributed by atoms with Gasteiger partial charge in [-0.1, -0.05) is 35.3 Å². The maximum atomic E-state index is 13.0. The summed E-state index contributed by atoms with van der Waals surface area (Å²) in [5.74, 6) is -0.627. The van der Waals surface area contributed by atoms with Gasteiger partial charge in [0.1, 0.15) is 11.3 Å². The number of aromatic hydroxyl groups is 1. The summed E-state index contributed by atoms with van der Waals surface area (Å²) in [5, 5.41) is 16.0. The summed E-state index contributed by atoms with van der Waals surface area (Å²) >= 11 is 11.7. The van der Waals surface area contributed by atoms with Gasteiger partial charge >= 0.3 is 0 Å². The maximum absolute atomic E-state index is 13.0. The predicted octanol–water partition coefficient (Wildman–Crippen LogP) is 4.19. The number of nitrogens with zero attached hydrogens (tertiary/aromatic N) is 2. The molecule has 0 bridgehead atoms. The van der Waals surface area contributed by atoms with Crippen LogP contribution in [0.3, 0.4) is 0 Å². The van der Waals surface area contributed by atoms with Crippen molar-refractivity contribution in [2.75, 3.05) is 5.32 Å². The molecule has 0 atom stereocenters. The number of phenolic OH excluding ortho intramolecular Hbond substituents is 1. The fourth-order valence-electron chi connectivity index (χ4n) is 3.12. The van der Waals surface area contributed by atoms with Crippen molar-refractivity contribution in [3.63, 3.8) is 0 Å². The van der Waals surface area contributed by atoms with Crippen LogP contribution in [0.1, 0.15) is 27.2 Å². The molecule has 3 N–H and O–H groups in total. The summed E-state index contributed by atoms with van der Waals surface area (Å²) in [5.41, 5.74) is 2.47. The number of carbonyl (C=O) groups excluding carboxylic acids is 1. The Morgan fingerprint density at radius 2 is 1.93 bits per heavy atom. The number of hydrogen-bond donors (Lipinski definition) is 3. The highest BCUT2D eigenvalue weighted by atomic mass is 35.5. The minimum absolute atomic E-state index is 0.148. The molecular formula is C21H16Cl2N4O3. The van der Waals surface area contributed by atoms with E-state index >= 15 is 0 Å². The molecule has 0 saturated carbocycles. The van der Waals surface area contributed by atoms with Crippen LogP contribution in [0.5, 0.6) is 5.75 Å². The SMILES string of the molecule is Cc1nc2c(C(=O)Nc3ccc(Cl)c(O)c3)c[nH]n2c(=O)c1Cc1ccc(Cl)cc1. The van der Waals surface area contributed by atoms with Crippen LogP contribution in [0.4, 0.5) is 5.69 Å². The minimum Gasteiger partial charge on any atom is -0.506 e. The Bertz CT molecular complexity index is 1330. The van der Waals surface area contributed by atoms with Gasteiger partial charge in [-0.15, -0.1) is 0 Å². The average Bonchev–Trinajstić information content (AvgIpc) is 3.13. The fourth-order valence-corrected chi connectivity index (χ4v) is 3.37. The monoisotopic (exact) mass is 442 g/mol.